The molecule has 0 bridgehead atoms. The predicted octanol–water partition coefficient (Wildman–Crippen LogP) is 34.5. The first-order valence-corrected chi connectivity index (χ1v) is 56.3. The number of halogens is 1. The van der Waals surface area contributed by atoms with Gasteiger partial charge in [-0.15, -0.1) is 0 Å². The molecule has 6 unspecified atom stereocenters. The van der Waals surface area contributed by atoms with Crippen LogP contribution < -0.4 is 31.9 Å². The molecule has 0 fully saturated rings. The van der Waals surface area contributed by atoms with E-state index in [1.807, 2.05) is 258 Å². The van der Waals surface area contributed by atoms with Crippen molar-refractivity contribution in [1.82, 2.24) is 0 Å². The molecule has 0 spiro atoms. The zero-order valence-electron chi connectivity index (χ0n) is 83.7. The van der Waals surface area contributed by atoms with Crippen molar-refractivity contribution >= 4 is 57.2 Å². The monoisotopic (exact) mass is 1990 g/mol. The van der Waals surface area contributed by atoms with Gasteiger partial charge < -0.3 is 31.9 Å². The average Bonchev–Trinajstić information content (AvgIpc) is 1.61. The molecule has 12 aromatic rings. The Morgan fingerprint density at radius 3 is 0.701 bits per heavy atom. The summed E-state index contributed by atoms with van der Waals surface area (Å²) in [4.78, 5) is 0. The maximum Gasteiger partial charge on any atom is 0.389 e. The Bertz CT molecular complexity index is 6420. The Morgan fingerprint density at radius 2 is 0.467 bits per heavy atom. The summed E-state index contributed by atoms with van der Waals surface area (Å²) in [5.41, 5.74) is 24.7. The predicted molar refractivity (Wildman–Crippen MR) is 558 cm³/mol. The summed E-state index contributed by atoms with van der Waals surface area (Å²) in [5, 5.41) is -3.09. The number of ether oxygens (including phenoxy) is 1. The van der Waals surface area contributed by atoms with Crippen LogP contribution in [0.15, 0.2) is 249 Å². The van der Waals surface area contributed by atoms with Gasteiger partial charge in [0, 0.05) is 38.4 Å². The van der Waals surface area contributed by atoms with Crippen LogP contribution in [0.1, 0.15) is 207 Å². The third-order valence-electron chi connectivity index (χ3n) is 26.0. The second kappa shape index (κ2) is 40.7. The van der Waals surface area contributed by atoms with Crippen molar-refractivity contribution in [1.29, 1.82) is 0 Å². The largest absolute Gasteiger partial charge is 0.497 e. The van der Waals surface area contributed by atoms with Gasteiger partial charge in [-0.05, 0) is 291 Å². The minimum atomic E-state index is -3.21. The Balaban J connectivity index is 0.000000139. The average molecular weight is 1990 g/mol. The van der Waals surface area contributed by atoms with E-state index in [2.05, 4.69) is 164 Å². The zero-order valence-corrected chi connectivity index (χ0v) is 89.9. The van der Waals surface area contributed by atoms with Crippen LogP contribution in [0, 0.1) is 27.7 Å². The van der Waals surface area contributed by atoms with Gasteiger partial charge in [0.25, 0.3) is 0 Å². The molecule has 0 radical (unpaired) electrons. The Morgan fingerprint density at radius 1 is 0.255 bits per heavy atom. The molecule has 12 aromatic carbocycles. The SMILES string of the molecule is CCOP1(=O)Oc2cc(-c3cc(C)cc(C)c3)ccc2C1(C)C.CCOP1(=O)Oc2cc(-c3ccc(C(C)(C)C)cc3)ccc2C1(C)C.CCOP1(=O)Oc2cc(-c3ccc(C)cc3)ccc2C1(C)C.CCOP1(=O)Oc2cc(-c3ccc(C)cc3)ccc2C1(C)C.CCOP1(=O)Oc2cc(-c3ccc(Cl)cc3)ccc2C1(C)C.CCOP1(=O)Oc2cc(-c3cccc(OC)c3)ccc2C1(C)C. The molecule has 726 valence electrons. The van der Waals surface area contributed by atoms with E-state index in [9.17, 15) is 27.4 Å². The van der Waals surface area contributed by atoms with Crippen molar-refractivity contribution in [2.24, 2.45) is 0 Å². The van der Waals surface area contributed by atoms with Crippen LogP contribution in [-0.4, -0.2) is 46.8 Å². The molecule has 19 nitrogen and oxygen atoms in total. The van der Waals surface area contributed by atoms with Crippen molar-refractivity contribution < 1.29 is 86.4 Å². The van der Waals surface area contributed by atoms with E-state index in [0.717, 1.165) is 106 Å². The number of methoxy groups -OCH3 is 1. The lowest BCUT2D eigenvalue weighted by Crippen LogP contribution is -2.15. The van der Waals surface area contributed by atoms with E-state index in [1.54, 1.807) is 7.11 Å². The normalized spacial score (nSPS) is 21.9. The molecule has 0 saturated carbocycles. The van der Waals surface area contributed by atoms with Gasteiger partial charge in [-0.25, -0.2) is 27.4 Å². The third kappa shape index (κ3) is 20.9. The highest BCUT2D eigenvalue weighted by Gasteiger charge is 2.59. The summed E-state index contributed by atoms with van der Waals surface area (Å²) in [6.45, 7) is 51.1. The van der Waals surface area contributed by atoms with E-state index < -0.39 is 76.5 Å². The van der Waals surface area contributed by atoms with E-state index in [4.69, 9.17) is 70.6 Å². The Hall–Kier alpha value is -9.33. The van der Waals surface area contributed by atoms with Crippen LogP contribution in [-0.2, 0) is 90.9 Å². The highest BCUT2D eigenvalue weighted by Crippen LogP contribution is 2.76. The molecule has 26 heteroatoms. The zero-order chi connectivity index (χ0) is 99.8. The summed E-state index contributed by atoms with van der Waals surface area (Å²) in [5.74, 6) is 4.73. The number of hydrogen-bond donors (Lipinski definition) is 0. The van der Waals surface area contributed by atoms with Crippen molar-refractivity contribution in [3.63, 3.8) is 0 Å². The van der Waals surface area contributed by atoms with E-state index in [1.165, 1.54) is 27.8 Å². The van der Waals surface area contributed by atoms with Crippen molar-refractivity contribution in [2.45, 2.75) is 209 Å². The lowest BCUT2D eigenvalue weighted by Gasteiger charge is -2.24. The molecule has 0 aromatic heterocycles. The molecule has 6 aliphatic heterocycles. The summed E-state index contributed by atoms with van der Waals surface area (Å²) >= 11 is 5.92. The highest BCUT2D eigenvalue weighted by molar-refractivity contribution is 7.57. The number of rotatable bonds is 19. The lowest BCUT2D eigenvalue weighted by atomic mass is 9.86. The molecule has 0 amide bonds. The minimum absolute atomic E-state index is 0.133. The molecular weight excluding hydrogens is 1860 g/mol. The van der Waals surface area contributed by atoms with Crippen LogP contribution in [0.3, 0.4) is 0 Å². The van der Waals surface area contributed by atoms with Gasteiger partial charge in [0.05, 0.1) is 46.8 Å². The van der Waals surface area contributed by atoms with Crippen LogP contribution >= 0.6 is 57.2 Å². The molecule has 0 aliphatic carbocycles. The fourth-order valence-electron chi connectivity index (χ4n) is 17.4. The summed E-state index contributed by atoms with van der Waals surface area (Å²) in [6, 6.07) is 83.1. The van der Waals surface area contributed by atoms with Crippen LogP contribution in [0.5, 0.6) is 40.2 Å². The van der Waals surface area contributed by atoms with Gasteiger partial charge in [0.1, 0.15) is 71.2 Å². The molecular formula is C111H131ClO19P6. The third-order valence-corrected chi connectivity index (χ3v) is 42.2. The van der Waals surface area contributed by atoms with Gasteiger partial charge in [-0.2, -0.15) is 0 Å². The minimum Gasteiger partial charge on any atom is -0.497 e. The van der Waals surface area contributed by atoms with Gasteiger partial charge >= 0.3 is 45.6 Å². The molecule has 6 atom stereocenters. The molecule has 137 heavy (non-hydrogen) atoms. The molecule has 6 aliphatic rings. The Kier molecular flexibility index (Phi) is 31.2. The lowest BCUT2D eigenvalue weighted by molar-refractivity contribution is 0.269. The first kappa shape index (κ1) is 105. The molecule has 0 N–H and O–H groups in total. The van der Waals surface area contributed by atoms with Crippen molar-refractivity contribution in [3.05, 3.63) is 315 Å². The molecule has 0 saturated heterocycles. The smallest absolute Gasteiger partial charge is 0.389 e. The van der Waals surface area contributed by atoms with Gasteiger partial charge in [0.15, 0.2) is 0 Å². The van der Waals surface area contributed by atoms with Crippen LogP contribution in [0.25, 0.3) is 66.8 Å². The molecule has 6 heterocycles. The summed E-state index contributed by atoms with van der Waals surface area (Å²) in [7, 11) is -17.5. The second-order valence-electron chi connectivity index (χ2n) is 38.8. The van der Waals surface area contributed by atoms with E-state index in [0.29, 0.717) is 79.2 Å². The number of benzene rings is 12. The molecule has 18 rings (SSSR count). The van der Waals surface area contributed by atoms with Gasteiger partial charge in [-0.1, -0.05) is 243 Å². The highest BCUT2D eigenvalue weighted by atomic mass is 35.5. The van der Waals surface area contributed by atoms with E-state index >= 15 is 0 Å². The summed E-state index contributed by atoms with van der Waals surface area (Å²) < 4.78 is 151. The number of fused-ring (bicyclic) bond motifs is 6. The quantitative estimate of drug-likeness (QED) is 0.0686. The summed E-state index contributed by atoms with van der Waals surface area (Å²) in [6.07, 6.45) is 0. The first-order valence-electron chi connectivity index (χ1n) is 46.6. The standard InChI is InChI=1S/C21H27O3P.C19H23O3P.C18H21O4P.2C18H21O3P.C17H18ClO3P/c1-7-23-25(22)21(5,6)18-13-10-16(14-19(18)24-25)15-8-11-17(12-9-15)20(2,3)4;1-6-21-23(20)19(4,5)17-8-7-15(12-18(17)22-23)16-10-13(2)9-14(3)11-16;1-5-21-23(19)18(2,3)16-10-9-14(12-17(16)22-23)13-7-6-8-15(11-13)20-4;2*1-5-20-22(19)18(3,4)16-11-10-15(12-17(16)21-22)14-8-6-13(2)7-9-14;1-4-20-22(19)17(2,3)15-10-7-13(11-16(15)21-22)12-5-8-14(18)9-6-12/h8-14H,7H2,1-6H3;7-12H,6H2,1-5H3;6-12H,5H2,1-4H3;2*6-12H,5H2,1-4H3;5-11H,4H2,1-3H3. The number of aryl methyl sites for hydroxylation is 4. The fraction of sp³-hybridized carbons (Fsp3) is 0.351. The van der Waals surface area contributed by atoms with Gasteiger partial charge in [-0.3, -0.25) is 27.1 Å². The number of hydrogen-bond acceptors (Lipinski definition) is 19. The first-order chi connectivity index (χ1) is 64.4. The Labute approximate surface area is 816 Å². The van der Waals surface area contributed by atoms with Crippen LogP contribution in [0.4, 0.5) is 0 Å². The maximum atomic E-state index is 13.1. The van der Waals surface area contributed by atoms with Crippen molar-refractivity contribution in [2.75, 3.05) is 46.8 Å². The maximum absolute atomic E-state index is 13.1. The second-order valence-corrected chi connectivity index (χ2v) is 54.6. The van der Waals surface area contributed by atoms with Crippen LogP contribution in [0.2, 0.25) is 5.02 Å². The topological polar surface area (TPSA) is 222 Å². The van der Waals surface area contributed by atoms with Crippen molar-refractivity contribution in [3.8, 4) is 107 Å². The van der Waals surface area contributed by atoms with Gasteiger partial charge in [0.2, 0.25) is 0 Å². The van der Waals surface area contributed by atoms with E-state index in [-0.39, 0.29) is 5.41 Å². The fourth-order valence-corrected chi connectivity index (χ4v) is 28.6.